The Morgan fingerprint density at radius 3 is 2.92 bits per heavy atom. The van der Waals surface area contributed by atoms with Crippen molar-refractivity contribution in [1.29, 1.82) is 0 Å². The first-order valence-corrected chi connectivity index (χ1v) is 8.75. The second-order valence-electron chi connectivity index (χ2n) is 6.71. The SMILES string of the molecule is O=C(Nc1cccnc1)[C@H]1C[C@H]2OCC[C@H]2N(Cc2ccncc2)C1. The summed E-state index contributed by atoms with van der Waals surface area (Å²) in [7, 11) is 0. The molecule has 0 aromatic carbocycles. The van der Waals surface area contributed by atoms with Crippen LogP contribution in [0.5, 0.6) is 0 Å². The first kappa shape index (κ1) is 16.2. The Bertz CT molecular complexity index is 710. The molecule has 1 N–H and O–H groups in total. The maximum absolute atomic E-state index is 12.7. The van der Waals surface area contributed by atoms with Crippen LogP contribution in [0.3, 0.4) is 0 Å². The van der Waals surface area contributed by atoms with Gasteiger partial charge < -0.3 is 10.1 Å². The number of anilines is 1. The summed E-state index contributed by atoms with van der Waals surface area (Å²) in [6.07, 6.45) is 8.95. The van der Waals surface area contributed by atoms with Crippen LogP contribution in [0, 0.1) is 5.92 Å². The van der Waals surface area contributed by atoms with Crippen LogP contribution in [0.25, 0.3) is 0 Å². The van der Waals surface area contributed by atoms with Crippen LogP contribution in [0.15, 0.2) is 49.1 Å². The fourth-order valence-corrected chi connectivity index (χ4v) is 3.83. The lowest BCUT2D eigenvalue weighted by atomic mass is 9.89. The fraction of sp³-hybridized carbons (Fsp3) is 0.421. The number of carbonyl (C=O) groups is 1. The summed E-state index contributed by atoms with van der Waals surface area (Å²) in [5, 5.41) is 2.98. The summed E-state index contributed by atoms with van der Waals surface area (Å²) in [6, 6.07) is 8.14. The molecule has 0 aliphatic carbocycles. The smallest absolute Gasteiger partial charge is 0.228 e. The number of nitrogens with zero attached hydrogens (tertiary/aromatic N) is 3. The molecule has 1 amide bonds. The Hall–Kier alpha value is -2.31. The van der Waals surface area contributed by atoms with Gasteiger partial charge in [-0.25, -0.2) is 0 Å². The molecule has 6 nitrogen and oxygen atoms in total. The number of hydrogen-bond donors (Lipinski definition) is 1. The molecule has 2 aliphatic heterocycles. The summed E-state index contributed by atoms with van der Waals surface area (Å²) in [5.41, 5.74) is 1.96. The zero-order valence-corrected chi connectivity index (χ0v) is 14.0. The van der Waals surface area contributed by atoms with Gasteiger partial charge in [-0.2, -0.15) is 0 Å². The van der Waals surface area contributed by atoms with Crippen LogP contribution in [0.2, 0.25) is 0 Å². The first-order valence-electron chi connectivity index (χ1n) is 8.75. The number of rotatable bonds is 4. The number of nitrogens with one attached hydrogen (secondary N) is 1. The molecular formula is C19H22N4O2. The Balaban J connectivity index is 1.47. The normalized spacial score (nSPS) is 26.2. The highest BCUT2D eigenvalue weighted by Crippen LogP contribution is 2.32. The minimum Gasteiger partial charge on any atom is -0.377 e. The lowest BCUT2D eigenvalue weighted by Gasteiger charge is -2.40. The number of piperidine rings is 1. The van der Waals surface area contributed by atoms with Crippen molar-refractivity contribution in [2.45, 2.75) is 31.5 Å². The number of ether oxygens (including phenoxy) is 1. The van der Waals surface area contributed by atoms with Crippen LogP contribution in [-0.4, -0.2) is 46.1 Å². The van der Waals surface area contributed by atoms with Gasteiger partial charge in [0.25, 0.3) is 0 Å². The van der Waals surface area contributed by atoms with Gasteiger partial charge in [0.15, 0.2) is 0 Å². The number of aromatic nitrogens is 2. The molecule has 0 radical (unpaired) electrons. The summed E-state index contributed by atoms with van der Waals surface area (Å²) in [5.74, 6) is -0.0388. The summed E-state index contributed by atoms with van der Waals surface area (Å²) < 4.78 is 5.91. The first-order chi connectivity index (χ1) is 12.3. The molecule has 4 heterocycles. The summed E-state index contributed by atoms with van der Waals surface area (Å²) >= 11 is 0. The van der Waals surface area contributed by atoms with Gasteiger partial charge in [0, 0.05) is 44.3 Å². The molecule has 25 heavy (non-hydrogen) atoms. The number of pyridine rings is 2. The maximum Gasteiger partial charge on any atom is 0.228 e. The highest BCUT2D eigenvalue weighted by atomic mass is 16.5. The Kier molecular flexibility index (Phi) is 4.72. The van der Waals surface area contributed by atoms with E-state index in [0.29, 0.717) is 6.04 Å². The zero-order chi connectivity index (χ0) is 17.1. The van der Waals surface area contributed by atoms with Crippen molar-refractivity contribution < 1.29 is 9.53 Å². The molecule has 2 aliphatic rings. The molecule has 4 rings (SSSR count). The van der Waals surface area contributed by atoms with Crippen molar-refractivity contribution in [2.75, 3.05) is 18.5 Å². The standard InChI is InChI=1S/C19H22N4O2/c24-19(22-16-2-1-6-21-11-16)15-10-18-17(5-9-25-18)23(13-15)12-14-3-7-20-8-4-14/h1-4,6-8,11,15,17-18H,5,9-10,12-13H2,(H,22,24)/t15-,17+,18+/m0/s1. The number of likely N-dealkylation sites (tertiary alicyclic amines) is 1. The maximum atomic E-state index is 12.7. The van der Waals surface area contributed by atoms with Crippen LogP contribution in [0.1, 0.15) is 18.4 Å². The Morgan fingerprint density at radius 2 is 2.12 bits per heavy atom. The number of carbonyl (C=O) groups excluding carboxylic acids is 1. The van der Waals surface area contributed by atoms with Crippen molar-refractivity contribution >= 4 is 11.6 Å². The third-order valence-electron chi connectivity index (χ3n) is 5.05. The van der Waals surface area contributed by atoms with Gasteiger partial charge in [-0.05, 0) is 42.7 Å². The third kappa shape index (κ3) is 3.70. The van der Waals surface area contributed by atoms with Gasteiger partial charge in [-0.1, -0.05) is 0 Å². The van der Waals surface area contributed by atoms with Crippen molar-refractivity contribution in [2.24, 2.45) is 5.92 Å². The van der Waals surface area contributed by atoms with Gasteiger partial charge in [0.2, 0.25) is 5.91 Å². The van der Waals surface area contributed by atoms with Gasteiger partial charge in [0.05, 0.1) is 23.9 Å². The van der Waals surface area contributed by atoms with Crippen LogP contribution < -0.4 is 5.32 Å². The van der Waals surface area contributed by atoms with E-state index in [0.717, 1.165) is 38.2 Å². The zero-order valence-electron chi connectivity index (χ0n) is 14.0. The van der Waals surface area contributed by atoms with Gasteiger partial charge >= 0.3 is 0 Å². The average molecular weight is 338 g/mol. The Morgan fingerprint density at radius 1 is 1.24 bits per heavy atom. The molecule has 6 heteroatoms. The van der Waals surface area contributed by atoms with E-state index in [4.69, 9.17) is 4.74 Å². The summed E-state index contributed by atoms with van der Waals surface area (Å²) in [4.78, 5) is 23.2. The molecule has 2 aromatic heterocycles. The highest BCUT2D eigenvalue weighted by molar-refractivity contribution is 5.92. The van der Waals surface area contributed by atoms with E-state index in [2.05, 4.69) is 20.2 Å². The predicted octanol–water partition coefficient (Wildman–Crippen LogP) is 2.09. The minimum absolute atomic E-state index is 0.0432. The number of hydrogen-bond acceptors (Lipinski definition) is 5. The highest BCUT2D eigenvalue weighted by Gasteiger charge is 2.42. The van der Waals surface area contributed by atoms with E-state index < -0.39 is 0 Å². The van der Waals surface area contributed by atoms with Crippen LogP contribution >= 0.6 is 0 Å². The second-order valence-corrected chi connectivity index (χ2v) is 6.71. The van der Waals surface area contributed by atoms with E-state index in [-0.39, 0.29) is 17.9 Å². The average Bonchev–Trinajstić information content (AvgIpc) is 3.12. The molecule has 0 unspecified atom stereocenters. The molecule has 2 saturated heterocycles. The van der Waals surface area contributed by atoms with E-state index in [9.17, 15) is 4.79 Å². The molecule has 3 atom stereocenters. The Labute approximate surface area is 147 Å². The molecule has 2 fully saturated rings. The van der Waals surface area contributed by atoms with Gasteiger partial charge in [0.1, 0.15) is 0 Å². The van der Waals surface area contributed by atoms with Crippen LogP contribution in [-0.2, 0) is 16.1 Å². The second kappa shape index (κ2) is 7.29. The van der Waals surface area contributed by atoms with E-state index in [1.165, 1.54) is 5.56 Å². The largest absolute Gasteiger partial charge is 0.377 e. The predicted molar refractivity (Wildman–Crippen MR) is 93.8 cm³/mol. The lowest BCUT2D eigenvalue weighted by molar-refractivity contribution is -0.124. The topological polar surface area (TPSA) is 67.3 Å². The van der Waals surface area contributed by atoms with Crippen molar-refractivity contribution in [3.05, 3.63) is 54.6 Å². The van der Waals surface area contributed by atoms with Gasteiger partial charge in [-0.15, -0.1) is 0 Å². The number of amides is 1. The quantitative estimate of drug-likeness (QED) is 0.925. The number of fused-ring (bicyclic) bond motifs is 1. The van der Waals surface area contributed by atoms with E-state index in [1.807, 2.05) is 36.7 Å². The van der Waals surface area contributed by atoms with Crippen molar-refractivity contribution in [1.82, 2.24) is 14.9 Å². The monoisotopic (exact) mass is 338 g/mol. The molecule has 2 aromatic rings. The molecular weight excluding hydrogens is 316 g/mol. The minimum atomic E-state index is -0.0820. The van der Waals surface area contributed by atoms with Gasteiger partial charge in [-0.3, -0.25) is 19.7 Å². The van der Waals surface area contributed by atoms with Crippen LogP contribution in [0.4, 0.5) is 5.69 Å². The molecule has 0 spiro atoms. The summed E-state index contributed by atoms with van der Waals surface area (Å²) in [6.45, 7) is 2.35. The fourth-order valence-electron chi connectivity index (χ4n) is 3.83. The van der Waals surface area contributed by atoms with E-state index in [1.54, 1.807) is 12.4 Å². The molecule has 0 saturated carbocycles. The van der Waals surface area contributed by atoms with Crippen molar-refractivity contribution in [3.8, 4) is 0 Å². The van der Waals surface area contributed by atoms with Crippen molar-refractivity contribution in [3.63, 3.8) is 0 Å². The van der Waals surface area contributed by atoms with E-state index >= 15 is 0 Å². The lowest BCUT2D eigenvalue weighted by Crippen LogP contribution is -2.51. The third-order valence-corrected chi connectivity index (χ3v) is 5.05. The molecule has 0 bridgehead atoms. The molecule has 130 valence electrons.